The maximum Gasteiger partial charge on any atom is 0.237 e. The van der Waals surface area contributed by atoms with E-state index in [2.05, 4.69) is 36.6 Å². The van der Waals surface area contributed by atoms with Gasteiger partial charge in [0.25, 0.3) is 0 Å². The summed E-state index contributed by atoms with van der Waals surface area (Å²) in [5.74, 6) is 0.594. The number of nitrogens with one attached hydrogen (secondary N) is 2. The molecule has 1 heterocycles. The Morgan fingerprint density at radius 1 is 1.44 bits per heavy atom. The lowest BCUT2D eigenvalue weighted by atomic mass is 10.0. The van der Waals surface area contributed by atoms with Crippen molar-refractivity contribution in [3.8, 4) is 0 Å². The minimum Gasteiger partial charge on any atom is -0.354 e. The summed E-state index contributed by atoms with van der Waals surface area (Å²) in [6.07, 6.45) is 2.00. The van der Waals surface area contributed by atoms with Crippen molar-refractivity contribution >= 4 is 5.91 Å². The number of rotatable bonds is 4. The van der Waals surface area contributed by atoms with Gasteiger partial charge in [0.15, 0.2) is 0 Å². The third-order valence-corrected chi connectivity index (χ3v) is 3.77. The first-order valence-corrected chi connectivity index (χ1v) is 6.74. The predicted molar refractivity (Wildman–Crippen MR) is 73.5 cm³/mol. The molecule has 0 radical (unpaired) electrons. The van der Waals surface area contributed by atoms with Crippen molar-refractivity contribution in [1.29, 1.82) is 0 Å². The van der Waals surface area contributed by atoms with Gasteiger partial charge in [-0.2, -0.15) is 0 Å². The first-order valence-electron chi connectivity index (χ1n) is 6.74. The van der Waals surface area contributed by atoms with E-state index < -0.39 is 0 Å². The summed E-state index contributed by atoms with van der Waals surface area (Å²) in [4.78, 5) is 12.0. The van der Waals surface area contributed by atoms with Gasteiger partial charge in [-0.15, -0.1) is 0 Å². The SMILES string of the molecule is Cc1ccccc1CCNC(=O)C1NCCC1C. The molecular weight excluding hydrogens is 224 g/mol. The van der Waals surface area contributed by atoms with Crippen LogP contribution in [0.25, 0.3) is 0 Å². The molecule has 0 aliphatic carbocycles. The van der Waals surface area contributed by atoms with Crippen LogP contribution in [-0.2, 0) is 11.2 Å². The normalized spacial score (nSPS) is 23.0. The van der Waals surface area contributed by atoms with Gasteiger partial charge in [0.2, 0.25) is 5.91 Å². The van der Waals surface area contributed by atoms with E-state index in [1.807, 2.05) is 12.1 Å². The first-order chi connectivity index (χ1) is 8.68. The molecule has 18 heavy (non-hydrogen) atoms. The lowest BCUT2D eigenvalue weighted by Gasteiger charge is -2.15. The van der Waals surface area contributed by atoms with Crippen LogP contribution in [0, 0.1) is 12.8 Å². The van der Waals surface area contributed by atoms with Crippen LogP contribution in [0.2, 0.25) is 0 Å². The zero-order valence-corrected chi connectivity index (χ0v) is 11.2. The fourth-order valence-electron chi connectivity index (χ4n) is 2.51. The molecular formula is C15H22N2O. The first kappa shape index (κ1) is 13.1. The molecule has 1 aliphatic rings. The number of amides is 1. The Kier molecular flexibility index (Phi) is 4.37. The average Bonchev–Trinajstić information content (AvgIpc) is 2.78. The molecule has 0 spiro atoms. The molecule has 2 unspecified atom stereocenters. The Morgan fingerprint density at radius 2 is 2.22 bits per heavy atom. The van der Waals surface area contributed by atoms with E-state index in [1.54, 1.807) is 0 Å². The van der Waals surface area contributed by atoms with Gasteiger partial charge in [-0.1, -0.05) is 31.2 Å². The molecule has 3 nitrogen and oxygen atoms in total. The minimum atomic E-state index is 0.00173. The highest BCUT2D eigenvalue weighted by atomic mass is 16.2. The zero-order valence-electron chi connectivity index (χ0n) is 11.2. The number of hydrogen-bond donors (Lipinski definition) is 2. The summed E-state index contributed by atoms with van der Waals surface area (Å²) >= 11 is 0. The van der Waals surface area contributed by atoms with Gasteiger partial charge in [-0.05, 0) is 43.4 Å². The molecule has 1 aromatic carbocycles. The van der Waals surface area contributed by atoms with Gasteiger partial charge in [0, 0.05) is 6.54 Å². The Balaban J connectivity index is 1.79. The Hall–Kier alpha value is -1.35. The van der Waals surface area contributed by atoms with E-state index in [-0.39, 0.29) is 11.9 Å². The Bertz CT molecular complexity index is 417. The number of aryl methyl sites for hydroxylation is 1. The summed E-state index contributed by atoms with van der Waals surface area (Å²) in [6, 6.07) is 8.32. The fourth-order valence-corrected chi connectivity index (χ4v) is 2.51. The molecule has 2 atom stereocenters. The molecule has 1 fully saturated rings. The third kappa shape index (κ3) is 3.10. The molecule has 98 valence electrons. The van der Waals surface area contributed by atoms with Gasteiger partial charge in [0.1, 0.15) is 0 Å². The summed E-state index contributed by atoms with van der Waals surface area (Å²) in [5.41, 5.74) is 2.60. The predicted octanol–water partition coefficient (Wildman–Crippen LogP) is 1.65. The second-order valence-electron chi connectivity index (χ2n) is 5.17. The number of benzene rings is 1. The van der Waals surface area contributed by atoms with Crippen LogP contribution < -0.4 is 10.6 Å². The number of hydrogen-bond acceptors (Lipinski definition) is 2. The monoisotopic (exact) mass is 246 g/mol. The second kappa shape index (κ2) is 6.01. The van der Waals surface area contributed by atoms with E-state index in [9.17, 15) is 4.79 Å². The lowest BCUT2D eigenvalue weighted by molar-refractivity contribution is -0.123. The zero-order chi connectivity index (χ0) is 13.0. The smallest absolute Gasteiger partial charge is 0.237 e. The van der Waals surface area contributed by atoms with Crippen molar-refractivity contribution in [1.82, 2.24) is 10.6 Å². The van der Waals surface area contributed by atoms with E-state index in [4.69, 9.17) is 0 Å². The molecule has 0 aromatic heterocycles. The highest BCUT2D eigenvalue weighted by Crippen LogP contribution is 2.14. The summed E-state index contributed by atoms with van der Waals surface area (Å²) in [6.45, 7) is 5.91. The van der Waals surface area contributed by atoms with Crippen LogP contribution in [-0.4, -0.2) is 25.0 Å². The van der Waals surface area contributed by atoms with E-state index in [0.717, 1.165) is 19.4 Å². The minimum absolute atomic E-state index is 0.00173. The topological polar surface area (TPSA) is 41.1 Å². The second-order valence-corrected chi connectivity index (χ2v) is 5.17. The van der Waals surface area contributed by atoms with E-state index >= 15 is 0 Å². The summed E-state index contributed by atoms with van der Waals surface area (Å²) < 4.78 is 0. The molecule has 1 aromatic rings. The standard InChI is InChI=1S/C15H22N2O/c1-11-5-3-4-6-13(11)8-10-17-15(18)14-12(2)7-9-16-14/h3-6,12,14,16H,7-10H2,1-2H3,(H,17,18). The molecule has 2 rings (SSSR count). The summed E-state index contributed by atoms with van der Waals surface area (Å²) in [7, 11) is 0. The average molecular weight is 246 g/mol. The van der Waals surface area contributed by atoms with Crippen LogP contribution in [0.5, 0.6) is 0 Å². The number of carbonyl (C=O) groups excluding carboxylic acids is 1. The maximum atomic E-state index is 12.0. The van der Waals surface area contributed by atoms with Gasteiger partial charge >= 0.3 is 0 Å². The molecule has 2 N–H and O–H groups in total. The molecule has 3 heteroatoms. The van der Waals surface area contributed by atoms with E-state index in [1.165, 1.54) is 11.1 Å². The van der Waals surface area contributed by atoms with Crippen molar-refractivity contribution in [2.45, 2.75) is 32.7 Å². The van der Waals surface area contributed by atoms with Crippen molar-refractivity contribution in [3.05, 3.63) is 35.4 Å². The fraction of sp³-hybridized carbons (Fsp3) is 0.533. The van der Waals surface area contributed by atoms with Crippen molar-refractivity contribution in [2.24, 2.45) is 5.92 Å². The Morgan fingerprint density at radius 3 is 2.89 bits per heavy atom. The molecule has 1 saturated heterocycles. The van der Waals surface area contributed by atoms with Crippen molar-refractivity contribution < 1.29 is 4.79 Å². The maximum absolute atomic E-state index is 12.0. The molecule has 0 bridgehead atoms. The van der Waals surface area contributed by atoms with Crippen molar-refractivity contribution in [2.75, 3.05) is 13.1 Å². The number of carbonyl (C=O) groups is 1. The van der Waals surface area contributed by atoms with Gasteiger partial charge < -0.3 is 10.6 Å². The van der Waals surface area contributed by atoms with Crippen molar-refractivity contribution in [3.63, 3.8) is 0 Å². The Labute approximate surface area is 109 Å². The van der Waals surface area contributed by atoms with E-state index in [0.29, 0.717) is 12.5 Å². The van der Waals surface area contributed by atoms with Gasteiger partial charge in [-0.3, -0.25) is 4.79 Å². The highest BCUT2D eigenvalue weighted by molar-refractivity contribution is 5.82. The van der Waals surface area contributed by atoms with Crippen LogP contribution in [0.4, 0.5) is 0 Å². The third-order valence-electron chi connectivity index (χ3n) is 3.77. The molecule has 1 aliphatic heterocycles. The molecule has 1 amide bonds. The van der Waals surface area contributed by atoms with Crippen LogP contribution in [0.1, 0.15) is 24.5 Å². The largest absolute Gasteiger partial charge is 0.354 e. The van der Waals surface area contributed by atoms with Crippen LogP contribution in [0.15, 0.2) is 24.3 Å². The lowest BCUT2D eigenvalue weighted by Crippen LogP contribution is -2.43. The summed E-state index contributed by atoms with van der Waals surface area (Å²) in [5, 5.41) is 6.28. The van der Waals surface area contributed by atoms with Crippen LogP contribution >= 0.6 is 0 Å². The highest BCUT2D eigenvalue weighted by Gasteiger charge is 2.28. The quantitative estimate of drug-likeness (QED) is 0.848. The van der Waals surface area contributed by atoms with Crippen LogP contribution in [0.3, 0.4) is 0 Å². The van der Waals surface area contributed by atoms with Gasteiger partial charge in [0.05, 0.1) is 6.04 Å². The van der Waals surface area contributed by atoms with Gasteiger partial charge in [-0.25, -0.2) is 0 Å². The molecule has 0 saturated carbocycles.